The van der Waals surface area contributed by atoms with Gasteiger partial charge in [0.25, 0.3) is 10.0 Å². The van der Waals surface area contributed by atoms with E-state index in [0.717, 1.165) is 16.7 Å². The van der Waals surface area contributed by atoms with Crippen LogP contribution in [0.25, 0.3) is 0 Å². The lowest BCUT2D eigenvalue weighted by molar-refractivity contribution is 0.565. The van der Waals surface area contributed by atoms with Crippen molar-refractivity contribution in [1.82, 2.24) is 0 Å². The highest BCUT2D eigenvalue weighted by Crippen LogP contribution is 2.44. The summed E-state index contributed by atoms with van der Waals surface area (Å²) in [6.07, 6.45) is 0. The van der Waals surface area contributed by atoms with Crippen LogP contribution in [-0.2, 0) is 10.0 Å². The molecular weight excluding hydrogens is 368 g/mol. The molecule has 0 N–H and O–H groups in total. The molecule has 0 amide bonds. The summed E-state index contributed by atoms with van der Waals surface area (Å²) in [6.45, 7) is 2.16. The lowest BCUT2D eigenvalue weighted by Crippen LogP contribution is -2.40. The fourth-order valence-electron chi connectivity index (χ4n) is 3.80. The second kappa shape index (κ2) is 7.14. The van der Waals surface area contributed by atoms with E-state index in [1.807, 2.05) is 55.5 Å². The van der Waals surface area contributed by atoms with Gasteiger partial charge in [0.05, 0.1) is 22.6 Å². The Morgan fingerprint density at radius 2 is 1.57 bits per heavy atom. The summed E-state index contributed by atoms with van der Waals surface area (Å²) < 4.78 is 28.4. The number of para-hydroxylation sites is 1. The van der Waals surface area contributed by atoms with Gasteiger partial charge in [-0.15, -0.1) is 0 Å². The highest BCUT2D eigenvalue weighted by atomic mass is 32.2. The molecule has 0 unspecified atom stereocenters. The van der Waals surface area contributed by atoms with Crippen LogP contribution in [0.4, 0.5) is 5.69 Å². The van der Waals surface area contributed by atoms with Crippen molar-refractivity contribution < 1.29 is 8.42 Å². The average molecular weight is 388 g/mol. The van der Waals surface area contributed by atoms with Crippen LogP contribution >= 0.6 is 0 Å². The molecule has 4 rings (SSSR count). The molecule has 1 heterocycles. The van der Waals surface area contributed by atoms with Crippen molar-refractivity contribution in [3.05, 3.63) is 95.6 Å². The zero-order chi connectivity index (χ0) is 19.7. The predicted octanol–water partition coefficient (Wildman–Crippen LogP) is 4.59. The molecule has 5 heteroatoms. The number of benzene rings is 3. The first-order valence-corrected chi connectivity index (χ1v) is 10.6. The van der Waals surface area contributed by atoms with Crippen LogP contribution in [0.15, 0.2) is 83.8 Å². The molecule has 3 aromatic rings. The molecule has 0 saturated heterocycles. The molecular formula is C23H20N2O2S. The van der Waals surface area contributed by atoms with Crippen LogP contribution in [0.1, 0.15) is 28.5 Å². The van der Waals surface area contributed by atoms with E-state index in [0.29, 0.717) is 5.69 Å². The van der Waals surface area contributed by atoms with Crippen LogP contribution in [-0.4, -0.2) is 15.0 Å². The molecule has 1 aliphatic heterocycles. The van der Waals surface area contributed by atoms with Gasteiger partial charge < -0.3 is 0 Å². The van der Waals surface area contributed by atoms with Gasteiger partial charge in [0, 0.05) is 12.5 Å². The minimum absolute atomic E-state index is 0.232. The quantitative estimate of drug-likeness (QED) is 0.659. The Morgan fingerprint density at radius 3 is 2.25 bits per heavy atom. The molecule has 0 bridgehead atoms. The van der Waals surface area contributed by atoms with Crippen LogP contribution < -0.4 is 4.31 Å². The summed E-state index contributed by atoms with van der Waals surface area (Å²) in [7, 11) is -3.74. The Labute approximate surface area is 165 Å². The third-order valence-corrected chi connectivity index (χ3v) is 7.08. The number of fused-ring (bicyclic) bond motifs is 1. The highest BCUT2D eigenvalue weighted by molar-refractivity contribution is 7.92. The minimum atomic E-state index is -3.74. The Bertz CT molecular complexity index is 1130. The number of nitriles is 1. The van der Waals surface area contributed by atoms with E-state index in [2.05, 4.69) is 6.07 Å². The second-order valence-electron chi connectivity index (χ2n) is 7.03. The lowest BCUT2D eigenvalue weighted by Gasteiger charge is -2.38. The zero-order valence-corrected chi connectivity index (χ0v) is 16.3. The topological polar surface area (TPSA) is 61.2 Å². The smallest absolute Gasteiger partial charge is 0.264 e. The van der Waals surface area contributed by atoms with Gasteiger partial charge in [-0.25, -0.2) is 8.42 Å². The van der Waals surface area contributed by atoms with Crippen LogP contribution in [0.5, 0.6) is 0 Å². The number of sulfonamides is 1. The maximum absolute atomic E-state index is 13.5. The molecule has 3 aromatic carbocycles. The van der Waals surface area contributed by atoms with E-state index in [1.165, 1.54) is 4.31 Å². The van der Waals surface area contributed by atoms with Crippen molar-refractivity contribution in [2.75, 3.05) is 10.8 Å². The van der Waals surface area contributed by atoms with E-state index >= 15 is 0 Å². The number of hydrogen-bond acceptors (Lipinski definition) is 3. The standard InChI is InChI=1S/C23H20N2O2S/c1-17-11-13-19(14-12-17)28(26,27)25-16-22(18-7-3-2-4-8-18)21(15-24)20-9-5-6-10-23(20)25/h2-14,21-22H,16H2,1H3/t21-,22+/m1/s1. The average Bonchev–Trinajstić information content (AvgIpc) is 2.73. The van der Waals surface area contributed by atoms with Gasteiger partial charge >= 0.3 is 0 Å². The van der Waals surface area contributed by atoms with E-state index in [4.69, 9.17) is 0 Å². The summed E-state index contributed by atoms with van der Waals surface area (Å²) >= 11 is 0. The number of anilines is 1. The monoisotopic (exact) mass is 388 g/mol. The SMILES string of the molecule is Cc1ccc(S(=O)(=O)N2C[C@@H](c3ccccc3)[C@H](C#N)c3ccccc32)cc1. The van der Waals surface area contributed by atoms with Gasteiger partial charge in [-0.1, -0.05) is 66.2 Å². The first kappa shape index (κ1) is 18.3. The molecule has 0 spiro atoms. The lowest BCUT2D eigenvalue weighted by atomic mass is 9.79. The molecule has 0 aliphatic carbocycles. The number of aryl methyl sites for hydroxylation is 1. The van der Waals surface area contributed by atoms with Crippen LogP contribution in [0, 0.1) is 18.3 Å². The summed E-state index contributed by atoms with van der Waals surface area (Å²) in [5, 5.41) is 9.89. The Kier molecular flexibility index (Phi) is 4.66. The predicted molar refractivity (Wildman–Crippen MR) is 110 cm³/mol. The van der Waals surface area contributed by atoms with E-state index in [9.17, 15) is 13.7 Å². The fourth-order valence-corrected chi connectivity index (χ4v) is 5.32. The van der Waals surface area contributed by atoms with Gasteiger partial charge in [0.15, 0.2) is 0 Å². The van der Waals surface area contributed by atoms with E-state index < -0.39 is 15.9 Å². The number of rotatable bonds is 3. The van der Waals surface area contributed by atoms with Gasteiger partial charge in [0.1, 0.15) is 0 Å². The summed E-state index contributed by atoms with van der Waals surface area (Å²) in [5.74, 6) is -0.635. The van der Waals surface area contributed by atoms with Crippen molar-refractivity contribution in [2.24, 2.45) is 0 Å². The van der Waals surface area contributed by atoms with Crippen molar-refractivity contribution in [3.63, 3.8) is 0 Å². The first-order valence-electron chi connectivity index (χ1n) is 9.15. The fraction of sp³-hybridized carbons (Fsp3) is 0.174. The minimum Gasteiger partial charge on any atom is -0.265 e. The second-order valence-corrected chi connectivity index (χ2v) is 8.89. The molecule has 0 radical (unpaired) electrons. The van der Waals surface area contributed by atoms with Crippen LogP contribution in [0.3, 0.4) is 0 Å². The number of hydrogen-bond donors (Lipinski definition) is 0. The molecule has 2 atom stereocenters. The Hall–Kier alpha value is -3.10. The maximum atomic E-state index is 13.5. The molecule has 0 fully saturated rings. The van der Waals surface area contributed by atoms with Crippen molar-refractivity contribution in [3.8, 4) is 6.07 Å². The van der Waals surface area contributed by atoms with Gasteiger partial charge in [-0.2, -0.15) is 5.26 Å². The summed E-state index contributed by atoms with van der Waals surface area (Å²) in [6, 6.07) is 26.3. The summed E-state index contributed by atoms with van der Waals surface area (Å²) in [5.41, 5.74) is 3.31. The third kappa shape index (κ3) is 3.06. The van der Waals surface area contributed by atoms with Gasteiger partial charge in [0.2, 0.25) is 0 Å². The molecule has 0 aromatic heterocycles. The molecule has 140 valence electrons. The van der Waals surface area contributed by atoms with E-state index in [-0.39, 0.29) is 17.4 Å². The summed E-state index contributed by atoms with van der Waals surface area (Å²) in [4.78, 5) is 0.259. The van der Waals surface area contributed by atoms with Crippen LogP contribution in [0.2, 0.25) is 0 Å². The van der Waals surface area contributed by atoms with Crippen molar-refractivity contribution in [1.29, 1.82) is 5.26 Å². The highest BCUT2D eigenvalue weighted by Gasteiger charge is 2.39. The van der Waals surface area contributed by atoms with Gasteiger partial charge in [-0.3, -0.25) is 4.31 Å². The zero-order valence-electron chi connectivity index (χ0n) is 15.5. The largest absolute Gasteiger partial charge is 0.265 e. The van der Waals surface area contributed by atoms with Crippen molar-refractivity contribution in [2.45, 2.75) is 23.7 Å². The van der Waals surface area contributed by atoms with E-state index in [1.54, 1.807) is 30.3 Å². The Morgan fingerprint density at radius 1 is 0.929 bits per heavy atom. The number of nitrogens with zero attached hydrogens (tertiary/aromatic N) is 2. The maximum Gasteiger partial charge on any atom is 0.264 e. The molecule has 0 saturated carbocycles. The Balaban J connectivity index is 1.87. The van der Waals surface area contributed by atoms with Crippen molar-refractivity contribution >= 4 is 15.7 Å². The molecule has 4 nitrogen and oxygen atoms in total. The normalized spacial score (nSPS) is 18.9. The first-order chi connectivity index (χ1) is 13.5. The molecule has 1 aliphatic rings. The third-order valence-electron chi connectivity index (χ3n) is 5.28. The molecule has 28 heavy (non-hydrogen) atoms. The van der Waals surface area contributed by atoms with Gasteiger partial charge in [-0.05, 0) is 36.2 Å².